The molecule has 2 aromatic rings. The summed E-state index contributed by atoms with van der Waals surface area (Å²) in [6.45, 7) is 1.98. The summed E-state index contributed by atoms with van der Waals surface area (Å²) in [5.74, 6) is -0.116. The molecule has 1 atom stereocenters. The van der Waals surface area contributed by atoms with Gasteiger partial charge in [-0.25, -0.2) is 0 Å². The summed E-state index contributed by atoms with van der Waals surface area (Å²) in [6.07, 6.45) is 1.62. The molecule has 21 heavy (non-hydrogen) atoms. The minimum absolute atomic E-state index is 0.0604. The van der Waals surface area contributed by atoms with E-state index in [0.29, 0.717) is 10.7 Å². The lowest BCUT2D eigenvalue weighted by Crippen LogP contribution is -2.30. The number of carbonyl (C=O) groups is 1. The molecule has 0 aliphatic heterocycles. The molecule has 0 saturated heterocycles. The van der Waals surface area contributed by atoms with Gasteiger partial charge < -0.3 is 10.2 Å². The number of nitrogens with zero attached hydrogens (tertiary/aromatic N) is 2. The molecule has 110 valence electrons. The van der Waals surface area contributed by atoms with Crippen LogP contribution in [0, 0.1) is 0 Å². The van der Waals surface area contributed by atoms with Gasteiger partial charge in [0.15, 0.2) is 0 Å². The Labute approximate surface area is 129 Å². The Morgan fingerprint density at radius 2 is 1.95 bits per heavy atom. The van der Waals surface area contributed by atoms with Gasteiger partial charge in [0.1, 0.15) is 5.69 Å². The highest BCUT2D eigenvalue weighted by Gasteiger charge is 2.20. The lowest BCUT2D eigenvalue weighted by Gasteiger charge is -2.25. The number of amides is 1. The normalized spacial score (nSPS) is 11.8. The fourth-order valence-corrected chi connectivity index (χ4v) is 2.15. The summed E-state index contributed by atoms with van der Waals surface area (Å²) in [7, 11) is 3.58. The van der Waals surface area contributed by atoms with Crippen LogP contribution in [0.1, 0.15) is 29.0 Å². The maximum atomic E-state index is 12.5. The van der Waals surface area contributed by atoms with E-state index in [-0.39, 0.29) is 11.9 Å². The first-order chi connectivity index (χ1) is 10.0. The van der Waals surface area contributed by atoms with E-state index in [1.54, 1.807) is 24.2 Å². The van der Waals surface area contributed by atoms with Crippen LogP contribution in [0.25, 0.3) is 0 Å². The van der Waals surface area contributed by atoms with Gasteiger partial charge in [-0.2, -0.15) is 0 Å². The zero-order valence-electron chi connectivity index (χ0n) is 12.3. The highest BCUT2D eigenvalue weighted by molar-refractivity contribution is 6.30. The van der Waals surface area contributed by atoms with Crippen molar-refractivity contribution in [2.75, 3.05) is 19.4 Å². The molecular formula is C16H18ClN3O. The molecular weight excluding hydrogens is 286 g/mol. The molecule has 0 radical (unpaired) electrons. The standard InChI is InChI=1S/C16H18ClN3O/c1-11(12-4-6-13(17)7-5-12)20(3)16(21)15-10-14(18-2)8-9-19-15/h4-11H,1-3H3,(H,18,19). The molecule has 0 saturated carbocycles. The Bertz CT molecular complexity index is 628. The number of anilines is 1. The van der Waals surface area contributed by atoms with Crippen LogP contribution in [-0.2, 0) is 0 Å². The van der Waals surface area contributed by atoms with Crippen molar-refractivity contribution in [2.45, 2.75) is 13.0 Å². The zero-order chi connectivity index (χ0) is 15.4. The minimum atomic E-state index is -0.116. The van der Waals surface area contributed by atoms with Gasteiger partial charge in [0, 0.05) is 31.0 Å². The summed E-state index contributed by atoms with van der Waals surface area (Å²) < 4.78 is 0. The maximum Gasteiger partial charge on any atom is 0.272 e. The van der Waals surface area contributed by atoms with E-state index < -0.39 is 0 Å². The maximum absolute atomic E-state index is 12.5. The summed E-state index contributed by atoms with van der Waals surface area (Å²) >= 11 is 5.89. The van der Waals surface area contributed by atoms with E-state index in [1.165, 1.54) is 0 Å². The lowest BCUT2D eigenvalue weighted by atomic mass is 10.1. The van der Waals surface area contributed by atoms with Crippen LogP contribution in [-0.4, -0.2) is 29.9 Å². The van der Waals surface area contributed by atoms with Crippen molar-refractivity contribution in [3.05, 3.63) is 58.9 Å². The fraction of sp³-hybridized carbons (Fsp3) is 0.250. The van der Waals surface area contributed by atoms with E-state index in [4.69, 9.17) is 11.6 Å². The zero-order valence-corrected chi connectivity index (χ0v) is 13.1. The highest BCUT2D eigenvalue weighted by atomic mass is 35.5. The number of rotatable bonds is 4. The molecule has 1 amide bonds. The molecule has 0 bridgehead atoms. The second-order valence-corrected chi connectivity index (χ2v) is 5.26. The summed E-state index contributed by atoms with van der Waals surface area (Å²) in [5, 5.41) is 3.69. The van der Waals surface area contributed by atoms with Gasteiger partial charge in [0.05, 0.1) is 6.04 Å². The Hall–Kier alpha value is -2.07. The van der Waals surface area contributed by atoms with Crippen LogP contribution in [0.4, 0.5) is 5.69 Å². The van der Waals surface area contributed by atoms with E-state index in [9.17, 15) is 4.79 Å². The van der Waals surface area contributed by atoms with E-state index in [0.717, 1.165) is 11.3 Å². The first-order valence-electron chi connectivity index (χ1n) is 6.69. The molecule has 0 fully saturated rings. The van der Waals surface area contributed by atoms with Gasteiger partial charge in [-0.1, -0.05) is 23.7 Å². The molecule has 0 aliphatic rings. The van der Waals surface area contributed by atoms with Gasteiger partial charge in [-0.3, -0.25) is 9.78 Å². The predicted octanol–water partition coefficient (Wildman–Crippen LogP) is 3.61. The average molecular weight is 304 g/mol. The monoisotopic (exact) mass is 303 g/mol. The number of carbonyl (C=O) groups excluding carboxylic acids is 1. The molecule has 1 heterocycles. The topological polar surface area (TPSA) is 45.2 Å². The Morgan fingerprint density at radius 3 is 2.57 bits per heavy atom. The molecule has 0 spiro atoms. The number of nitrogens with one attached hydrogen (secondary N) is 1. The summed E-state index contributed by atoms with van der Waals surface area (Å²) in [5.41, 5.74) is 2.31. The van der Waals surface area contributed by atoms with Gasteiger partial charge in [-0.15, -0.1) is 0 Å². The third kappa shape index (κ3) is 3.52. The van der Waals surface area contributed by atoms with Gasteiger partial charge in [0.25, 0.3) is 5.91 Å². The highest BCUT2D eigenvalue weighted by Crippen LogP contribution is 2.22. The Morgan fingerprint density at radius 1 is 1.29 bits per heavy atom. The van der Waals surface area contributed by atoms with E-state index in [1.807, 2.05) is 44.3 Å². The van der Waals surface area contributed by atoms with Gasteiger partial charge >= 0.3 is 0 Å². The third-order valence-corrected chi connectivity index (χ3v) is 3.77. The third-order valence-electron chi connectivity index (χ3n) is 3.52. The van der Waals surface area contributed by atoms with Crippen molar-refractivity contribution < 1.29 is 4.79 Å². The number of aromatic nitrogens is 1. The van der Waals surface area contributed by atoms with Crippen LogP contribution >= 0.6 is 11.6 Å². The number of hydrogen-bond donors (Lipinski definition) is 1. The van der Waals surface area contributed by atoms with E-state index >= 15 is 0 Å². The largest absolute Gasteiger partial charge is 0.388 e. The van der Waals surface area contributed by atoms with Crippen molar-refractivity contribution in [3.8, 4) is 0 Å². The minimum Gasteiger partial charge on any atom is -0.388 e. The predicted molar refractivity (Wildman–Crippen MR) is 85.7 cm³/mol. The van der Waals surface area contributed by atoms with Crippen molar-refractivity contribution in [2.24, 2.45) is 0 Å². The first-order valence-corrected chi connectivity index (χ1v) is 7.07. The second-order valence-electron chi connectivity index (χ2n) is 4.82. The molecule has 4 nitrogen and oxygen atoms in total. The van der Waals surface area contributed by atoms with Crippen LogP contribution < -0.4 is 5.32 Å². The SMILES string of the molecule is CNc1ccnc(C(=O)N(C)C(C)c2ccc(Cl)cc2)c1. The van der Waals surface area contributed by atoms with Gasteiger partial charge in [0.2, 0.25) is 0 Å². The Balaban J connectivity index is 2.19. The van der Waals surface area contributed by atoms with E-state index in [2.05, 4.69) is 10.3 Å². The summed E-state index contributed by atoms with van der Waals surface area (Å²) in [4.78, 5) is 18.3. The molecule has 1 unspecified atom stereocenters. The number of benzene rings is 1. The second kappa shape index (κ2) is 6.59. The Kier molecular flexibility index (Phi) is 4.81. The molecule has 2 rings (SSSR count). The number of pyridine rings is 1. The van der Waals surface area contributed by atoms with Crippen LogP contribution in [0.15, 0.2) is 42.6 Å². The van der Waals surface area contributed by atoms with Crippen LogP contribution in [0.2, 0.25) is 5.02 Å². The van der Waals surface area contributed by atoms with Crippen LogP contribution in [0.5, 0.6) is 0 Å². The average Bonchev–Trinajstić information content (AvgIpc) is 2.53. The van der Waals surface area contributed by atoms with Gasteiger partial charge in [-0.05, 0) is 36.8 Å². The molecule has 1 aromatic heterocycles. The number of halogens is 1. The smallest absolute Gasteiger partial charge is 0.272 e. The molecule has 1 aromatic carbocycles. The number of hydrogen-bond acceptors (Lipinski definition) is 3. The van der Waals surface area contributed by atoms with Crippen molar-refractivity contribution in [1.29, 1.82) is 0 Å². The fourth-order valence-electron chi connectivity index (χ4n) is 2.02. The van der Waals surface area contributed by atoms with Crippen molar-refractivity contribution >= 4 is 23.2 Å². The molecule has 5 heteroatoms. The quantitative estimate of drug-likeness (QED) is 0.938. The lowest BCUT2D eigenvalue weighted by molar-refractivity contribution is 0.0737. The molecule has 0 aliphatic carbocycles. The molecule has 1 N–H and O–H groups in total. The first kappa shape index (κ1) is 15.3. The van der Waals surface area contributed by atoms with Crippen molar-refractivity contribution in [1.82, 2.24) is 9.88 Å². The van der Waals surface area contributed by atoms with Crippen LogP contribution in [0.3, 0.4) is 0 Å². The van der Waals surface area contributed by atoms with Crippen molar-refractivity contribution in [3.63, 3.8) is 0 Å². The summed E-state index contributed by atoms with van der Waals surface area (Å²) in [6, 6.07) is 11.0.